The number of benzene rings is 1. The first-order valence-corrected chi connectivity index (χ1v) is 8.06. The Kier molecular flexibility index (Phi) is 4.38. The summed E-state index contributed by atoms with van der Waals surface area (Å²) >= 11 is 0. The molecule has 1 fully saturated rings. The van der Waals surface area contributed by atoms with Gasteiger partial charge in [-0.3, -0.25) is 10.1 Å². The lowest BCUT2D eigenvalue weighted by Crippen LogP contribution is -2.16. The van der Waals surface area contributed by atoms with Crippen LogP contribution in [0.4, 0.5) is 5.69 Å². The molecule has 1 heterocycles. The van der Waals surface area contributed by atoms with E-state index in [1.807, 2.05) is 6.07 Å². The zero-order valence-electron chi connectivity index (χ0n) is 12.7. The maximum atomic E-state index is 11.0. The predicted molar refractivity (Wildman–Crippen MR) is 85.9 cm³/mol. The van der Waals surface area contributed by atoms with E-state index in [9.17, 15) is 10.1 Å². The van der Waals surface area contributed by atoms with Crippen LogP contribution in [-0.2, 0) is 6.42 Å². The first-order valence-electron chi connectivity index (χ1n) is 8.06. The molecule has 0 unspecified atom stereocenters. The lowest BCUT2D eigenvalue weighted by atomic mass is 9.95. The van der Waals surface area contributed by atoms with Gasteiger partial charge in [0.1, 0.15) is 5.82 Å². The molecule has 2 N–H and O–H groups in total. The van der Waals surface area contributed by atoms with E-state index in [-0.39, 0.29) is 10.6 Å². The molecule has 0 aliphatic heterocycles. The summed E-state index contributed by atoms with van der Waals surface area (Å²) in [5.41, 5.74) is 7.49. The van der Waals surface area contributed by atoms with Crippen molar-refractivity contribution in [1.29, 1.82) is 0 Å². The Bertz CT molecular complexity index is 674. The quantitative estimate of drug-likeness (QED) is 0.677. The molecule has 118 valence electrons. The van der Waals surface area contributed by atoms with Gasteiger partial charge in [0.2, 0.25) is 0 Å². The summed E-state index contributed by atoms with van der Waals surface area (Å²) in [4.78, 5) is 15.3. The van der Waals surface area contributed by atoms with Gasteiger partial charge in [-0.25, -0.2) is 4.98 Å². The zero-order valence-corrected chi connectivity index (χ0v) is 12.7. The lowest BCUT2D eigenvalue weighted by Gasteiger charge is -2.25. The molecule has 1 aromatic carbocycles. The van der Waals surface area contributed by atoms with E-state index in [1.54, 1.807) is 12.1 Å². The van der Waals surface area contributed by atoms with E-state index in [2.05, 4.69) is 9.55 Å². The summed E-state index contributed by atoms with van der Waals surface area (Å²) in [6.07, 6.45) is 7.83. The number of nitro benzene ring substituents is 1. The van der Waals surface area contributed by atoms with Crippen LogP contribution in [0.25, 0.3) is 11.0 Å². The number of hydrogen-bond acceptors (Lipinski definition) is 4. The normalized spacial score (nSPS) is 16.2. The van der Waals surface area contributed by atoms with Crippen molar-refractivity contribution >= 4 is 16.7 Å². The number of nitro groups is 1. The molecule has 6 heteroatoms. The van der Waals surface area contributed by atoms with Crippen molar-refractivity contribution in [2.24, 2.45) is 5.73 Å². The second kappa shape index (κ2) is 6.44. The fourth-order valence-corrected chi connectivity index (χ4v) is 3.43. The maximum absolute atomic E-state index is 11.0. The summed E-state index contributed by atoms with van der Waals surface area (Å²) in [5, 5.41) is 11.0. The third-order valence-corrected chi connectivity index (χ3v) is 4.50. The van der Waals surface area contributed by atoms with Crippen molar-refractivity contribution in [3.05, 3.63) is 34.1 Å². The van der Waals surface area contributed by atoms with Crippen LogP contribution in [0.15, 0.2) is 18.2 Å². The Morgan fingerprint density at radius 3 is 2.77 bits per heavy atom. The van der Waals surface area contributed by atoms with Crippen LogP contribution in [0.5, 0.6) is 0 Å². The number of nitrogens with two attached hydrogens (primary N) is 1. The second-order valence-electron chi connectivity index (χ2n) is 6.01. The van der Waals surface area contributed by atoms with Crippen LogP contribution >= 0.6 is 0 Å². The average Bonchev–Trinajstić information content (AvgIpc) is 2.90. The minimum absolute atomic E-state index is 0.103. The molecule has 6 nitrogen and oxygen atoms in total. The Balaban J connectivity index is 2.06. The number of aryl methyl sites for hydroxylation is 1. The number of aromatic nitrogens is 2. The van der Waals surface area contributed by atoms with Crippen molar-refractivity contribution < 1.29 is 4.92 Å². The van der Waals surface area contributed by atoms with E-state index >= 15 is 0 Å². The van der Waals surface area contributed by atoms with Gasteiger partial charge in [0, 0.05) is 24.6 Å². The molecule has 1 saturated carbocycles. The summed E-state index contributed by atoms with van der Waals surface area (Å²) in [5.74, 6) is 1.02. The van der Waals surface area contributed by atoms with Crippen molar-refractivity contribution in [2.45, 2.75) is 51.0 Å². The number of fused-ring (bicyclic) bond motifs is 1. The van der Waals surface area contributed by atoms with Gasteiger partial charge in [-0.1, -0.05) is 19.3 Å². The van der Waals surface area contributed by atoms with Gasteiger partial charge in [-0.2, -0.15) is 0 Å². The number of nitrogens with zero attached hydrogens (tertiary/aromatic N) is 3. The first kappa shape index (κ1) is 15.0. The molecule has 0 atom stereocenters. The van der Waals surface area contributed by atoms with Gasteiger partial charge in [-0.05, 0) is 31.9 Å². The lowest BCUT2D eigenvalue weighted by molar-refractivity contribution is -0.384. The largest absolute Gasteiger partial charge is 0.330 e. The smallest absolute Gasteiger partial charge is 0.271 e. The number of hydrogen-bond donors (Lipinski definition) is 1. The third kappa shape index (κ3) is 2.83. The summed E-state index contributed by atoms with van der Waals surface area (Å²) in [7, 11) is 0. The molecule has 1 aliphatic carbocycles. The van der Waals surface area contributed by atoms with Crippen molar-refractivity contribution in [2.75, 3.05) is 6.54 Å². The zero-order chi connectivity index (χ0) is 15.5. The van der Waals surface area contributed by atoms with E-state index in [1.165, 1.54) is 19.3 Å². The van der Waals surface area contributed by atoms with Gasteiger partial charge in [0.15, 0.2) is 0 Å². The highest BCUT2D eigenvalue weighted by molar-refractivity contribution is 5.79. The number of rotatable bonds is 5. The molecule has 0 saturated heterocycles. The molecule has 0 spiro atoms. The van der Waals surface area contributed by atoms with E-state index in [4.69, 9.17) is 5.73 Å². The highest BCUT2D eigenvalue weighted by Crippen LogP contribution is 2.33. The van der Waals surface area contributed by atoms with Gasteiger partial charge < -0.3 is 10.3 Å². The maximum Gasteiger partial charge on any atom is 0.271 e. The minimum atomic E-state index is -0.362. The number of non-ortho nitro benzene ring substituents is 1. The van der Waals surface area contributed by atoms with Gasteiger partial charge in [-0.15, -0.1) is 0 Å². The van der Waals surface area contributed by atoms with Crippen LogP contribution in [0.2, 0.25) is 0 Å². The SMILES string of the molecule is NCCCc1nc2cc([N+](=O)[O-])ccc2n1C1CCCCC1. The molecule has 22 heavy (non-hydrogen) atoms. The van der Waals surface area contributed by atoms with Gasteiger partial charge in [0.25, 0.3) is 5.69 Å². The van der Waals surface area contributed by atoms with E-state index in [0.717, 1.165) is 42.5 Å². The van der Waals surface area contributed by atoms with Crippen molar-refractivity contribution in [3.8, 4) is 0 Å². The highest BCUT2D eigenvalue weighted by Gasteiger charge is 2.22. The number of imidazole rings is 1. The molecule has 1 aromatic heterocycles. The Morgan fingerprint density at radius 2 is 2.09 bits per heavy atom. The van der Waals surface area contributed by atoms with Crippen LogP contribution < -0.4 is 5.73 Å². The predicted octanol–water partition coefficient (Wildman–Crippen LogP) is 3.34. The molecule has 0 bridgehead atoms. The second-order valence-corrected chi connectivity index (χ2v) is 6.01. The summed E-state index contributed by atoms with van der Waals surface area (Å²) in [6.45, 7) is 0.633. The summed E-state index contributed by atoms with van der Waals surface area (Å²) in [6, 6.07) is 5.48. The Hall–Kier alpha value is -1.95. The molecular weight excluding hydrogens is 280 g/mol. The molecule has 1 aliphatic rings. The van der Waals surface area contributed by atoms with Gasteiger partial charge in [0.05, 0.1) is 16.0 Å². The fourth-order valence-electron chi connectivity index (χ4n) is 3.43. The van der Waals surface area contributed by atoms with Crippen LogP contribution in [-0.4, -0.2) is 21.0 Å². The summed E-state index contributed by atoms with van der Waals surface area (Å²) < 4.78 is 2.31. The van der Waals surface area contributed by atoms with Gasteiger partial charge >= 0.3 is 0 Å². The fraction of sp³-hybridized carbons (Fsp3) is 0.562. The molecular formula is C16H22N4O2. The van der Waals surface area contributed by atoms with E-state index < -0.39 is 0 Å². The van der Waals surface area contributed by atoms with Crippen LogP contribution in [0.1, 0.15) is 50.4 Å². The Labute approximate surface area is 129 Å². The molecule has 3 rings (SSSR count). The molecule has 2 aromatic rings. The molecule has 0 radical (unpaired) electrons. The van der Waals surface area contributed by atoms with Crippen molar-refractivity contribution in [1.82, 2.24) is 9.55 Å². The minimum Gasteiger partial charge on any atom is -0.330 e. The Morgan fingerprint density at radius 1 is 1.32 bits per heavy atom. The highest BCUT2D eigenvalue weighted by atomic mass is 16.6. The van der Waals surface area contributed by atoms with Crippen LogP contribution in [0, 0.1) is 10.1 Å². The van der Waals surface area contributed by atoms with E-state index in [0.29, 0.717) is 12.6 Å². The standard InChI is InChI=1S/C16H22N4O2/c17-10-4-7-16-18-14-11-13(20(21)22)8-9-15(14)19(16)12-5-2-1-3-6-12/h8-9,11-12H,1-7,10,17H2. The first-order chi connectivity index (χ1) is 10.7. The third-order valence-electron chi connectivity index (χ3n) is 4.50. The van der Waals surface area contributed by atoms with Crippen molar-refractivity contribution in [3.63, 3.8) is 0 Å². The topological polar surface area (TPSA) is 87.0 Å². The monoisotopic (exact) mass is 302 g/mol. The average molecular weight is 302 g/mol. The van der Waals surface area contributed by atoms with Crippen LogP contribution in [0.3, 0.4) is 0 Å². The molecule has 0 amide bonds.